The Bertz CT molecular complexity index is 857. The number of hydrogen-bond acceptors (Lipinski definition) is 3. The van der Waals surface area contributed by atoms with Crippen LogP contribution in [0.15, 0.2) is 78.9 Å². The van der Waals surface area contributed by atoms with E-state index in [4.69, 9.17) is 9.47 Å². The van der Waals surface area contributed by atoms with Crippen LogP contribution in [0.3, 0.4) is 0 Å². The Morgan fingerprint density at radius 3 is 2.19 bits per heavy atom. The molecule has 0 heterocycles. The standard InChI is InChI=1S/C23H22O3/c1-17(26-18(2)24)21-13-22(20-11-7-4-8-12-20)15-23(14-21)25-16-19-9-5-3-6-10-19/h3-15,17H,16H2,1-2H3. The summed E-state index contributed by atoms with van der Waals surface area (Å²) in [4.78, 5) is 11.3. The molecule has 0 bridgehead atoms. The zero-order valence-electron chi connectivity index (χ0n) is 15.0. The number of esters is 1. The van der Waals surface area contributed by atoms with E-state index in [1.807, 2.05) is 73.7 Å². The molecule has 0 saturated carbocycles. The fourth-order valence-electron chi connectivity index (χ4n) is 2.80. The molecule has 0 aliphatic carbocycles. The maximum Gasteiger partial charge on any atom is 0.303 e. The highest BCUT2D eigenvalue weighted by molar-refractivity contribution is 5.68. The van der Waals surface area contributed by atoms with Gasteiger partial charge in [-0.2, -0.15) is 0 Å². The monoisotopic (exact) mass is 346 g/mol. The minimum Gasteiger partial charge on any atom is -0.489 e. The molecule has 0 radical (unpaired) electrons. The summed E-state index contributed by atoms with van der Waals surface area (Å²) in [5, 5.41) is 0. The van der Waals surface area contributed by atoms with Crippen molar-refractivity contribution in [1.82, 2.24) is 0 Å². The maximum atomic E-state index is 11.3. The van der Waals surface area contributed by atoms with Gasteiger partial charge >= 0.3 is 5.97 Å². The third kappa shape index (κ3) is 4.73. The predicted octanol–water partition coefficient (Wildman–Crippen LogP) is 5.56. The van der Waals surface area contributed by atoms with Crippen molar-refractivity contribution in [3.05, 3.63) is 90.0 Å². The Hall–Kier alpha value is -3.07. The van der Waals surface area contributed by atoms with Crippen molar-refractivity contribution < 1.29 is 14.3 Å². The van der Waals surface area contributed by atoms with Crippen LogP contribution in [0, 0.1) is 0 Å². The van der Waals surface area contributed by atoms with Gasteiger partial charge in [0.25, 0.3) is 0 Å². The van der Waals surface area contributed by atoms with Crippen molar-refractivity contribution >= 4 is 5.97 Å². The van der Waals surface area contributed by atoms with E-state index < -0.39 is 0 Å². The molecule has 3 aromatic carbocycles. The van der Waals surface area contributed by atoms with Crippen LogP contribution in [0.25, 0.3) is 11.1 Å². The molecule has 3 rings (SSSR count). The molecule has 0 fully saturated rings. The van der Waals surface area contributed by atoms with Gasteiger partial charge in [-0.15, -0.1) is 0 Å². The van der Waals surface area contributed by atoms with E-state index in [2.05, 4.69) is 12.1 Å². The number of benzene rings is 3. The summed E-state index contributed by atoms with van der Waals surface area (Å²) in [5.41, 5.74) is 4.14. The van der Waals surface area contributed by atoms with E-state index in [1.54, 1.807) is 0 Å². The summed E-state index contributed by atoms with van der Waals surface area (Å²) in [7, 11) is 0. The lowest BCUT2D eigenvalue weighted by Crippen LogP contribution is -2.05. The van der Waals surface area contributed by atoms with Crippen LogP contribution in [-0.2, 0) is 16.1 Å². The molecule has 1 unspecified atom stereocenters. The second-order valence-corrected chi connectivity index (χ2v) is 6.18. The quantitative estimate of drug-likeness (QED) is 0.548. The molecule has 0 amide bonds. The highest BCUT2D eigenvalue weighted by Gasteiger charge is 2.13. The first-order valence-corrected chi connectivity index (χ1v) is 8.66. The first kappa shape index (κ1) is 17.7. The Labute approximate surface area is 154 Å². The van der Waals surface area contributed by atoms with Gasteiger partial charge in [0.2, 0.25) is 0 Å². The molecular formula is C23H22O3. The lowest BCUT2D eigenvalue weighted by Gasteiger charge is -2.16. The smallest absolute Gasteiger partial charge is 0.303 e. The zero-order chi connectivity index (χ0) is 18.4. The molecule has 0 saturated heterocycles. The van der Waals surface area contributed by atoms with E-state index >= 15 is 0 Å². The van der Waals surface area contributed by atoms with Crippen LogP contribution in [0.1, 0.15) is 31.1 Å². The van der Waals surface area contributed by atoms with E-state index in [0.717, 1.165) is 28.0 Å². The van der Waals surface area contributed by atoms with Crippen LogP contribution in [0.5, 0.6) is 5.75 Å². The normalized spacial score (nSPS) is 11.6. The summed E-state index contributed by atoms with van der Waals surface area (Å²) >= 11 is 0. The molecule has 132 valence electrons. The molecule has 0 aliphatic rings. The van der Waals surface area contributed by atoms with Gasteiger partial charge in [0.05, 0.1) is 0 Å². The van der Waals surface area contributed by atoms with Crippen molar-refractivity contribution in [1.29, 1.82) is 0 Å². The number of hydrogen-bond donors (Lipinski definition) is 0. The second kappa shape index (κ2) is 8.34. The van der Waals surface area contributed by atoms with Gasteiger partial charge in [-0.3, -0.25) is 4.79 Å². The maximum absolute atomic E-state index is 11.3. The van der Waals surface area contributed by atoms with E-state index in [-0.39, 0.29) is 12.1 Å². The highest BCUT2D eigenvalue weighted by Crippen LogP contribution is 2.30. The fraction of sp³-hybridized carbons (Fsp3) is 0.174. The van der Waals surface area contributed by atoms with Gasteiger partial charge in [0.1, 0.15) is 18.5 Å². The molecule has 26 heavy (non-hydrogen) atoms. The number of carbonyl (C=O) groups excluding carboxylic acids is 1. The topological polar surface area (TPSA) is 35.5 Å². The minimum absolute atomic E-state index is 0.297. The molecule has 3 nitrogen and oxygen atoms in total. The van der Waals surface area contributed by atoms with Crippen molar-refractivity contribution in [2.24, 2.45) is 0 Å². The SMILES string of the molecule is CC(=O)OC(C)c1cc(OCc2ccccc2)cc(-c2ccccc2)c1. The third-order valence-electron chi connectivity index (χ3n) is 4.10. The average molecular weight is 346 g/mol. The van der Waals surface area contributed by atoms with Gasteiger partial charge in [0, 0.05) is 6.92 Å². The number of ether oxygens (including phenoxy) is 2. The van der Waals surface area contributed by atoms with Crippen LogP contribution in [-0.4, -0.2) is 5.97 Å². The van der Waals surface area contributed by atoms with Crippen molar-refractivity contribution in [3.8, 4) is 16.9 Å². The van der Waals surface area contributed by atoms with Crippen LogP contribution in [0.4, 0.5) is 0 Å². The Morgan fingerprint density at radius 1 is 0.885 bits per heavy atom. The summed E-state index contributed by atoms with van der Waals surface area (Å²) < 4.78 is 11.4. The average Bonchev–Trinajstić information content (AvgIpc) is 2.67. The molecule has 0 N–H and O–H groups in total. The molecule has 0 aromatic heterocycles. The van der Waals surface area contributed by atoms with E-state index in [9.17, 15) is 4.79 Å². The van der Waals surface area contributed by atoms with Gasteiger partial charge in [-0.25, -0.2) is 0 Å². The van der Waals surface area contributed by atoms with E-state index in [0.29, 0.717) is 6.61 Å². The van der Waals surface area contributed by atoms with Gasteiger partial charge in [-0.05, 0) is 47.4 Å². The number of carbonyl (C=O) groups is 1. The van der Waals surface area contributed by atoms with Crippen molar-refractivity contribution in [2.75, 3.05) is 0 Å². The summed E-state index contributed by atoms with van der Waals surface area (Å²) in [6.45, 7) is 3.78. The van der Waals surface area contributed by atoms with Gasteiger partial charge in [0.15, 0.2) is 0 Å². The zero-order valence-corrected chi connectivity index (χ0v) is 15.0. The third-order valence-corrected chi connectivity index (χ3v) is 4.10. The molecule has 3 aromatic rings. The molecule has 0 aliphatic heterocycles. The minimum atomic E-state index is -0.338. The van der Waals surface area contributed by atoms with Crippen LogP contribution >= 0.6 is 0 Å². The first-order valence-electron chi connectivity index (χ1n) is 8.66. The van der Waals surface area contributed by atoms with E-state index in [1.165, 1.54) is 6.92 Å². The lowest BCUT2D eigenvalue weighted by molar-refractivity contribution is -0.145. The van der Waals surface area contributed by atoms with Crippen molar-refractivity contribution in [3.63, 3.8) is 0 Å². The molecule has 3 heteroatoms. The summed E-state index contributed by atoms with van der Waals surface area (Å²) in [6, 6.07) is 26.1. The number of rotatable bonds is 6. The lowest BCUT2D eigenvalue weighted by atomic mass is 10.0. The Kier molecular flexibility index (Phi) is 5.69. The summed E-state index contributed by atoms with van der Waals surface area (Å²) in [6.07, 6.45) is -0.338. The molecule has 0 spiro atoms. The summed E-state index contributed by atoms with van der Waals surface area (Å²) in [5.74, 6) is 0.457. The second-order valence-electron chi connectivity index (χ2n) is 6.18. The Morgan fingerprint density at radius 2 is 1.54 bits per heavy atom. The first-order chi connectivity index (χ1) is 12.6. The largest absolute Gasteiger partial charge is 0.489 e. The highest BCUT2D eigenvalue weighted by atomic mass is 16.5. The van der Waals surface area contributed by atoms with Crippen molar-refractivity contribution in [2.45, 2.75) is 26.6 Å². The van der Waals surface area contributed by atoms with Crippen LogP contribution in [0.2, 0.25) is 0 Å². The molecular weight excluding hydrogens is 324 g/mol. The Balaban J connectivity index is 1.90. The van der Waals surface area contributed by atoms with Gasteiger partial charge in [-0.1, -0.05) is 60.7 Å². The predicted molar refractivity (Wildman–Crippen MR) is 103 cm³/mol. The molecule has 1 atom stereocenters. The fourth-order valence-corrected chi connectivity index (χ4v) is 2.80. The van der Waals surface area contributed by atoms with Gasteiger partial charge < -0.3 is 9.47 Å². The van der Waals surface area contributed by atoms with Crippen LogP contribution < -0.4 is 4.74 Å².